The molecule has 3 heteroatoms. The van der Waals surface area contributed by atoms with Crippen molar-refractivity contribution in [1.29, 1.82) is 0 Å². The first-order valence-corrected chi connectivity index (χ1v) is 8.05. The second kappa shape index (κ2) is 6.07. The van der Waals surface area contributed by atoms with Crippen LogP contribution in [0.1, 0.15) is 25.8 Å². The second-order valence-corrected chi connectivity index (χ2v) is 6.63. The smallest absolute Gasteiger partial charge is 0.235 e. The molecule has 0 unspecified atom stereocenters. The van der Waals surface area contributed by atoms with Crippen LogP contribution in [0.3, 0.4) is 0 Å². The summed E-state index contributed by atoms with van der Waals surface area (Å²) in [6.45, 7) is 4.09. The van der Waals surface area contributed by atoms with Gasteiger partial charge in [0.05, 0.1) is 18.6 Å². The van der Waals surface area contributed by atoms with Crippen molar-refractivity contribution in [3.05, 3.63) is 60.2 Å². The molecule has 0 aromatic heterocycles. The van der Waals surface area contributed by atoms with Gasteiger partial charge in [0, 0.05) is 5.69 Å². The monoisotopic (exact) mass is 309 g/mol. The molecule has 1 aliphatic rings. The number of aryl methyl sites for hydroxylation is 1. The average Bonchev–Trinajstić information content (AvgIpc) is 2.59. The quantitative estimate of drug-likeness (QED) is 0.779. The Morgan fingerprint density at radius 3 is 2.30 bits per heavy atom. The molecule has 3 rings (SSSR count). The van der Waals surface area contributed by atoms with Crippen molar-refractivity contribution < 1.29 is 9.53 Å². The number of benzene rings is 2. The Morgan fingerprint density at radius 1 is 1.04 bits per heavy atom. The standard InChI is InChI=1S/C20H23NO2/c1-20(2)18(14-9-15-7-5-4-6-8-15)21(19(20)22)16-10-12-17(23-3)13-11-16/h4-8,10-13,18H,9,14H2,1-3H3/t18-/m0/s1. The van der Waals surface area contributed by atoms with Crippen LogP contribution >= 0.6 is 0 Å². The molecule has 0 bridgehead atoms. The normalized spacial score (nSPS) is 19.3. The zero-order chi connectivity index (χ0) is 16.4. The summed E-state index contributed by atoms with van der Waals surface area (Å²) in [7, 11) is 1.65. The minimum absolute atomic E-state index is 0.195. The number of hydrogen-bond acceptors (Lipinski definition) is 2. The topological polar surface area (TPSA) is 29.5 Å². The first-order valence-electron chi connectivity index (χ1n) is 8.05. The van der Waals surface area contributed by atoms with Gasteiger partial charge in [0.2, 0.25) is 5.91 Å². The molecule has 0 aliphatic carbocycles. The number of methoxy groups -OCH3 is 1. The lowest BCUT2D eigenvalue weighted by molar-refractivity contribution is -0.137. The van der Waals surface area contributed by atoms with Crippen molar-refractivity contribution in [2.75, 3.05) is 12.0 Å². The first kappa shape index (κ1) is 15.6. The predicted octanol–water partition coefficient (Wildman–Crippen LogP) is 4.07. The first-order chi connectivity index (χ1) is 11.0. The number of ether oxygens (including phenoxy) is 1. The number of carbonyl (C=O) groups is 1. The minimum Gasteiger partial charge on any atom is -0.497 e. The Bertz CT molecular complexity index is 677. The van der Waals surface area contributed by atoms with Gasteiger partial charge in [-0.2, -0.15) is 0 Å². The third kappa shape index (κ3) is 2.83. The number of hydrogen-bond donors (Lipinski definition) is 0. The Balaban J connectivity index is 1.76. The van der Waals surface area contributed by atoms with Gasteiger partial charge >= 0.3 is 0 Å². The average molecular weight is 309 g/mol. The molecule has 1 heterocycles. The van der Waals surface area contributed by atoms with Crippen molar-refractivity contribution in [2.45, 2.75) is 32.7 Å². The van der Waals surface area contributed by atoms with Gasteiger partial charge in [-0.15, -0.1) is 0 Å². The van der Waals surface area contributed by atoms with E-state index in [2.05, 4.69) is 24.3 Å². The molecule has 1 saturated heterocycles. The molecule has 0 radical (unpaired) electrons. The summed E-state index contributed by atoms with van der Waals surface area (Å²) in [5.74, 6) is 1.00. The maximum Gasteiger partial charge on any atom is 0.235 e. The van der Waals surface area contributed by atoms with Crippen LogP contribution in [-0.2, 0) is 11.2 Å². The van der Waals surface area contributed by atoms with Crippen LogP contribution in [0.25, 0.3) is 0 Å². The van der Waals surface area contributed by atoms with Crippen molar-refractivity contribution in [3.8, 4) is 5.75 Å². The van der Waals surface area contributed by atoms with Crippen LogP contribution in [0, 0.1) is 5.41 Å². The molecule has 2 aromatic rings. The third-order valence-corrected chi connectivity index (χ3v) is 4.81. The van der Waals surface area contributed by atoms with E-state index >= 15 is 0 Å². The molecule has 1 fully saturated rings. The van der Waals surface area contributed by atoms with Crippen LogP contribution in [0.4, 0.5) is 5.69 Å². The Hall–Kier alpha value is -2.29. The molecule has 0 saturated carbocycles. The Labute approximate surface area is 137 Å². The molecule has 0 N–H and O–H groups in total. The molecule has 120 valence electrons. The highest BCUT2D eigenvalue weighted by molar-refractivity contribution is 6.05. The van der Waals surface area contributed by atoms with Crippen LogP contribution in [0.5, 0.6) is 5.75 Å². The third-order valence-electron chi connectivity index (χ3n) is 4.81. The van der Waals surface area contributed by atoms with Crippen LogP contribution < -0.4 is 9.64 Å². The van der Waals surface area contributed by atoms with E-state index < -0.39 is 0 Å². The van der Waals surface area contributed by atoms with E-state index in [0.29, 0.717) is 0 Å². The number of nitrogens with zero attached hydrogens (tertiary/aromatic N) is 1. The molecular weight excluding hydrogens is 286 g/mol. The lowest BCUT2D eigenvalue weighted by atomic mass is 9.71. The fourth-order valence-corrected chi connectivity index (χ4v) is 3.33. The van der Waals surface area contributed by atoms with Crippen molar-refractivity contribution in [2.24, 2.45) is 5.41 Å². The molecule has 23 heavy (non-hydrogen) atoms. The molecular formula is C20H23NO2. The second-order valence-electron chi connectivity index (χ2n) is 6.63. The van der Waals surface area contributed by atoms with Crippen LogP contribution in [-0.4, -0.2) is 19.1 Å². The van der Waals surface area contributed by atoms with Gasteiger partial charge in [0.25, 0.3) is 0 Å². The van der Waals surface area contributed by atoms with E-state index in [-0.39, 0.29) is 17.4 Å². The summed E-state index contributed by atoms with van der Waals surface area (Å²) in [6, 6.07) is 18.4. The van der Waals surface area contributed by atoms with Gasteiger partial charge in [-0.05, 0) is 56.5 Å². The summed E-state index contributed by atoms with van der Waals surface area (Å²) < 4.78 is 5.20. The number of β-lactam (4-membered cyclic amide) rings is 1. The van der Waals surface area contributed by atoms with Crippen molar-refractivity contribution in [1.82, 2.24) is 0 Å². The Kier molecular flexibility index (Phi) is 4.12. The summed E-state index contributed by atoms with van der Waals surface area (Å²) in [5, 5.41) is 0. The van der Waals surface area contributed by atoms with E-state index in [0.717, 1.165) is 24.3 Å². The highest BCUT2D eigenvalue weighted by Gasteiger charge is 2.54. The number of carbonyl (C=O) groups excluding carboxylic acids is 1. The largest absolute Gasteiger partial charge is 0.497 e. The molecule has 0 spiro atoms. The molecule has 3 nitrogen and oxygen atoms in total. The highest BCUT2D eigenvalue weighted by atomic mass is 16.5. The van der Waals surface area contributed by atoms with Gasteiger partial charge in [0.15, 0.2) is 0 Å². The molecule has 1 amide bonds. The fraction of sp³-hybridized carbons (Fsp3) is 0.350. The minimum atomic E-state index is -0.297. The van der Waals surface area contributed by atoms with Gasteiger partial charge in [-0.25, -0.2) is 0 Å². The fourth-order valence-electron chi connectivity index (χ4n) is 3.33. The number of rotatable bonds is 5. The predicted molar refractivity (Wildman–Crippen MR) is 92.8 cm³/mol. The summed E-state index contributed by atoms with van der Waals surface area (Å²) >= 11 is 0. The van der Waals surface area contributed by atoms with Gasteiger partial charge < -0.3 is 9.64 Å². The Morgan fingerprint density at radius 2 is 1.70 bits per heavy atom. The SMILES string of the molecule is COc1ccc(N2C(=O)C(C)(C)[C@@H]2CCc2ccccc2)cc1. The van der Waals surface area contributed by atoms with Crippen LogP contribution in [0.15, 0.2) is 54.6 Å². The number of amides is 1. The molecule has 2 aromatic carbocycles. The summed E-state index contributed by atoms with van der Waals surface area (Å²) in [5.41, 5.74) is 1.97. The zero-order valence-electron chi connectivity index (χ0n) is 14.0. The highest BCUT2D eigenvalue weighted by Crippen LogP contribution is 2.44. The lowest BCUT2D eigenvalue weighted by Crippen LogP contribution is -2.67. The van der Waals surface area contributed by atoms with Crippen molar-refractivity contribution >= 4 is 11.6 Å². The van der Waals surface area contributed by atoms with E-state index in [9.17, 15) is 4.79 Å². The zero-order valence-corrected chi connectivity index (χ0v) is 14.0. The van der Waals surface area contributed by atoms with Gasteiger partial charge in [0.1, 0.15) is 5.75 Å². The maximum absolute atomic E-state index is 12.6. The summed E-state index contributed by atoms with van der Waals surface area (Å²) in [4.78, 5) is 14.5. The van der Waals surface area contributed by atoms with E-state index in [1.54, 1.807) is 7.11 Å². The molecule has 1 aliphatic heterocycles. The molecule has 1 atom stereocenters. The maximum atomic E-state index is 12.6. The van der Waals surface area contributed by atoms with E-state index in [1.807, 2.05) is 49.1 Å². The summed E-state index contributed by atoms with van der Waals surface area (Å²) in [6.07, 6.45) is 1.95. The van der Waals surface area contributed by atoms with Gasteiger partial charge in [-0.1, -0.05) is 30.3 Å². The lowest BCUT2D eigenvalue weighted by Gasteiger charge is -2.53. The van der Waals surface area contributed by atoms with Crippen LogP contribution in [0.2, 0.25) is 0 Å². The van der Waals surface area contributed by atoms with Crippen molar-refractivity contribution in [3.63, 3.8) is 0 Å². The van der Waals surface area contributed by atoms with Gasteiger partial charge in [-0.3, -0.25) is 4.79 Å². The van der Waals surface area contributed by atoms with E-state index in [4.69, 9.17) is 4.74 Å². The van der Waals surface area contributed by atoms with E-state index in [1.165, 1.54) is 5.56 Å². The number of anilines is 1.